The molecule has 2 aromatic rings. The molecule has 0 aliphatic carbocycles. The van der Waals surface area contributed by atoms with Gasteiger partial charge < -0.3 is 4.74 Å². The number of halogens is 1. The van der Waals surface area contributed by atoms with Crippen LogP contribution in [0.25, 0.3) is 0 Å². The fourth-order valence-electron chi connectivity index (χ4n) is 2.67. The fraction of sp³-hybridized carbons (Fsp3) is 0.158. The summed E-state index contributed by atoms with van der Waals surface area (Å²) >= 11 is 0. The van der Waals surface area contributed by atoms with Crippen LogP contribution < -0.4 is 15.0 Å². The van der Waals surface area contributed by atoms with Crippen molar-refractivity contribution in [3.8, 4) is 5.75 Å². The van der Waals surface area contributed by atoms with Crippen LogP contribution in [0.1, 0.15) is 5.56 Å². The molecule has 0 saturated carbocycles. The number of carbonyl (C=O) groups is 3. The Labute approximate surface area is 154 Å². The zero-order chi connectivity index (χ0) is 19.4. The number of benzene rings is 2. The minimum Gasteiger partial charge on any atom is -0.496 e. The molecule has 27 heavy (non-hydrogen) atoms. The fourth-order valence-corrected chi connectivity index (χ4v) is 2.67. The van der Waals surface area contributed by atoms with E-state index in [4.69, 9.17) is 4.74 Å². The van der Waals surface area contributed by atoms with E-state index < -0.39 is 29.6 Å². The van der Waals surface area contributed by atoms with Gasteiger partial charge in [0.2, 0.25) is 5.91 Å². The van der Waals surface area contributed by atoms with Crippen LogP contribution >= 0.6 is 0 Å². The zero-order valence-electron chi connectivity index (χ0n) is 14.4. The second-order valence-electron chi connectivity index (χ2n) is 5.70. The minimum absolute atomic E-state index is 0.175. The van der Waals surface area contributed by atoms with E-state index in [2.05, 4.69) is 10.3 Å². The number of rotatable bonds is 5. The first-order chi connectivity index (χ1) is 13.0. The molecule has 138 valence electrons. The lowest BCUT2D eigenvalue weighted by Gasteiger charge is -2.28. The molecular formula is C19H16FN3O4. The molecule has 7 nitrogen and oxygen atoms in total. The van der Waals surface area contributed by atoms with E-state index in [9.17, 15) is 18.8 Å². The predicted octanol–water partition coefficient (Wildman–Crippen LogP) is 2.30. The van der Waals surface area contributed by atoms with E-state index >= 15 is 0 Å². The van der Waals surface area contributed by atoms with E-state index in [1.807, 2.05) is 12.1 Å². The second-order valence-corrected chi connectivity index (χ2v) is 5.70. The van der Waals surface area contributed by atoms with Crippen LogP contribution in [0, 0.1) is 11.7 Å². The zero-order valence-corrected chi connectivity index (χ0v) is 14.4. The summed E-state index contributed by atoms with van der Waals surface area (Å²) in [6.45, 7) is 0.175. The SMILES string of the molecule is COc1ccccc1CN=C[C@@H]1C(=O)NC(=O)N(c2ccccc2F)C1=O. The number of methoxy groups -OCH3 is 1. The van der Waals surface area contributed by atoms with Crippen molar-refractivity contribution < 1.29 is 23.5 Å². The number of hydrogen-bond acceptors (Lipinski definition) is 5. The quantitative estimate of drug-likeness (QED) is 0.647. The molecule has 1 N–H and O–H groups in total. The van der Waals surface area contributed by atoms with Gasteiger partial charge in [-0.2, -0.15) is 0 Å². The summed E-state index contributed by atoms with van der Waals surface area (Å²) in [4.78, 5) is 41.5. The van der Waals surface area contributed by atoms with Gasteiger partial charge in [0.15, 0.2) is 5.92 Å². The Bertz CT molecular complexity index is 929. The Balaban J connectivity index is 1.82. The van der Waals surface area contributed by atoms with E-state index in [0.29, 0.717) is 10.6 Å². The highest BCUT2D eigenvalue weighted by molar-refractivity contribution is 6.32. The van der Waals surface area contributed by atoms with Crippen LogP contribution in [0.15, 0.2) is 53.5 Å². The third-order valence-corrected chi connectivity index (χ3v) is 4.00. The standard InChI is InChI=1S/C19H16FN3O4/c1-27-16-9-5-2-6-12(16)10-21-11-13-17(24)22-19(26)23(18(13)25)15-8-4-3-7-14(15)20/h2-9,11,13H,10H2,1H3,(H,22,24,26)/t13-/m1/s1. The monoisotopic (exact) mass is 369 g/mol. The van der Waals surface area contributed by atoms with Gasteiger partial charge in [-0.05, 0) is 18.2 Å². The van der Waals surface area contributed by atoms with Crippen molar-refractivity contribution in [3.05, 3.63) is 59.9 Å². The summed E-state index contributed by atoms with van der Waals surface area (Å²) in [5, 5.41) is 2.05. The van der Waals surface area contributed by atoms with E-state index in [-0.39, 0.29) is 12.2 Å². The molecule has 3 rings (SSSR count). The van der Waals surface area contributed by atoms with Gasteiger partial charge in [-0.3, -0.25) is 19.9 Å². The number of carbonyl (C=O) groups excluding carboxylic acids is 3. The molecule has 0 radical (unpaired) electrons. The lowest BCUT2D eigenvalue weighted by atomic mass is 10.1. The minimum atomic E-state index is -1.34. The largest absolute Gasteiger partial charge is 0.496 e. The van der Waals surface area contributed by atoms with Crippen molar-refractivity contribution in [3.63, 3.8) is 0 Å². The molecule has 0 aromatic heterocycles. The Hall–Kier alpha value is -3.55. The van der Waals surface area contributed by atoms with Gasteiger partial charge in [0, 0.05) is 11.8 Å². The molecule has 0 spiro atoms. The smallest absolute Gasteiger partial charge is 0.335 e. The molecule has 0 unspecified atom stereocenters. The van der Waals surface area contributed by atoms with Crippen LogP contribution in [0.4, 0.5) is 14.9 Å². The highest BCUT2D eigenvalue weighted by Gasteiger charge is 2.41. The number of urea groups is 1. The Morgan fingerprint density at radius 3 is 2.59 bits per heavy atom. The molecule has 1 heterocycles. The summed E-state index contributed by atoms with van der Waals surface area (Å²) < 4.78 is 19.2. The number of ether oxygens (including phenoxy) is 1. The lowest BCUT2D eigenvalue weighted by molar-refractivity contribution is -0.131. The molecule has 0 bridgehead atoms. The maximum Gasteiger partial charge on any atom is 0.335 e. The Morgan fingerprint density at radius 2 is 1.85 bits per heavy atom. The molecular weight excluding hydrogens is 353 g/mol. The average molecular weight is 369 g/mol. The van der Waals surface area contributed by atoms with E-state index in [1.54, 1.807) is 12.1 Å². The van der Waals surface area contributed by atoms with Gasteiger partial charge in [0.05, 0.1) is 19.3 Å². The first-order valence-electron chi connectivity index (χ1n) is 8.08. The molecule has 1 saturated heterocycles. The van der Waals surface area contributed by atoms with Gasteiger partial charge in [-0.15, -0.1) is 0 Å². The van der Waals surface area contributed by atoms with Crippen molar-refractivity contribution in [1.29, 1.82) is 0 Å². The first-order valence-corrected chi connectivity index (χ1v) is 8.08. The molecule has 1 aliphatic rings. The van der Waals surface area contributed by atoms with Crippen molar-refractivity contribution in [2.75, 3.05) is 12.0 Å². The number of barbiturate groups is 1. The Kier molecular flexibility index (Phi) is 5.25. The first kappa shape index (κ1) is 18.2. The second kappa shape index (κ2) is 7.77. The van der Waals surface area contributed by atoms with Crippen LogP contribution in [0.5, 0.6) is 5.75 Å². The number of aliphatic imine (C=N–C) groups is 1. The number of nitrogens with one attached hydrogen (secondary N) is 1. The summed E-state index contributed by atoms with van der Waals surface area (Å²) in [7, 11) is 1.53. The summed E-state index contributed by atoms with van der Waals surface area (Å²) in [5.74, 6) is -3.13. The third-order valence-electron chi connectivity index (χ3n) is 4.00. The molecule has 1 atom stereocenters. The summed E-state index contributed by atoms with van der Waals surface area (Å²) in [6.07, 6.45) is 1.16. The van der Waals surface area contributed by atoms with Crippen molar-refractivity contribution in [2.24, 2.45) is 10.9 Å². The number of amides is 4. The Morgan fingerprint density at radius 1 is 1.15 bits per heavy atom. The highest BCUT2D eigenvalue weighted by Crippen LogP contribution is 2.23. The van der Waals surface area contributed by atoms with Gasteiger partial charge in [0.1, 0.15) is 11.6 Å². The van der Waals surface area contributed by atoms with Crippen LogP contribution in [0.2, 0.25) is 0 Å². The molecule has 2 aromatic carbocycles. The number of imide groups is 2. The number of nitrogens with zero attached hydrogens (tertiary/aromatic N) is 2. The summed E-state index contributed by atoms with van der Waals surface area (Å²) in [6, 6.07) is 11.5. The molecule has 1 fully saturated rings. The van der Waals surface area contributed by atoms with Crippen LogP contribution in [0.3, 0.4) is 0 Å². The van der Waals surface area contributed by atoms with Crippen LogP contribution in [-0.4, -0.2) is 31.2 Å². The van der Waals surface area contributed by atoms with Gasteiger partial charge in [-0.1, -0.05) is 30.3 Å². The lowest BCUT2D eigenvalue weighted by Crippen LogP contribution is -2.58. The normalized spacial score (nSPS) is 17.3. The molecule has 8 heteroatoms. The van der Waals surface area contributed by atoms with Crippen molar-refractivity contribution in [2.45, 2.75) is 6.54 Å². The van der Waals surface area contributed by atoms with Gasteiger partial charge in [-0.25, -0.2) is 14.1 Å². The average Bonchev–Trinajstić information content (AvgIpc) is 2.66. The number of anilines is 1. The van der Waals surface area contributed by atoms with Gasteiger partial charge in [0.25, 0.3) is 5.91 Å². The summed E-state index contributed by atoms with van der Waals surface area (Å²) in [5.41, 5.74) is 0.539. The number of hydrogen-bond donors (Lipinski definition) is 1. The maximum atomic E-state index is 14.0. The molecule has 1 aliphatic heterocycles. The van der Waals surface area contributed by atoms with Crippen molar-refractivity contribution in [1.82, 2.24) is 5.32 Å². The topological polar surface area (TPSA) is 88.1 Å². The highest BCUT2D eigenvalue weighted by atomic mass is 19.1. The van der Waals surface area contributed by atoms with Crippen molar-refractivity contribution >= 4 is 29.7 Å². The van der Waals surface area contributed by atoms with Crippen LogP contribution in [-0.2, 0) is 16.1 Å². The van der Waals surface area contributed by atoms with Gasteiger partial charge >= 0.3 is 6.03 Å². The number of para-hydroxylation sites is 2. The maximum absolute atomic E-state index is 14.0. The predicted molar refractivity (Wildman–Crippen MR) is 96.1 cm³/mol. The van der Waals surface area contributed by atoms with E-state index in [0.717, 1.165) is 17.8 Å². The molecule has 4 amide bonds. The third kappa shape index (κ3) is 3.69. The van der Waals surface area contributed by atoms with E-state index in [1.165, 1.54) is 25.3 Å².